The van der Waals surface area contributed by atoms with Crippen LogP contribution in [-0.2, 0) is 0 Å². The highest BCUT2D eigenvalue weighted by Gasteiger charge is 2.11. The van der Waals surface area contributed by atoms with Gasteiger partial charge in [0.15, 0.2) is 23.1 Å². The van der Waals surface area contributed by atoms with Crippen LogP contribution in [0.2, 0.25) is 0 Å². The normalized spacial score (nSPS) is 12.2. The maximum atomic E-state index is 14.0. The van der Waals surface area contributed by atoms with Crippen LogP contribution in [0.4, 0.5) is 8.78 Å². The smallest absolute Gasteiger partial charge is 0.166 e. The molecule has 20 heavy (non-hydrogen) atoms. The number of benzene rings is 2. The van der Waals surface area contributed by atoms with E-state index in [4.69, 9.17) is 4.74 Å². The lowest BCUT2D eigenvalue weighted by molar-refractivity contribution is 0.413. The number of ether oxygens (including phenoxy) is 1. The fraction of sp³-hybridized carbons (Fsp3) is 0.250. The number of hydrogen-bond donors (Lipinski definition) is 1. The summed E-state index contributed by atoms with van der Waals surface area (Å²) in [6.07, 6.45) is 0. The first-order chi connectivity index (χ1) is 9.51. The second-order valence-electron chi connectivity index (χ2n) is 4.74. The average Bonchev–Trinajstić information content (AvgIpc) is 2.44. The molecule has 106 valence electrons. The molecule has 0 aromatic heterocycles. The molecular weight excluding hydrogens is 260 g/mol. The van der Waals surface area contributed by atoms with Crippen molar-refractivity contribution in [3.8, 4) is 11.5 Å². The quantitative estimate of drug-likeness (QED) is 0.897. The lowest BCUT2D eigenvalue weighted by atomic mass is 10.1. The summed E-state index contributed by atoms with van der Waals surface area (Å²) in [7, 11) is 1.80. The Morgan fingerprint density at radius 2 is 1.75 bits per heavy atom. The predicted octanol–water partition coefficient (Wildman–Crippen LogP) is 4.35. The van der Waals surface area contributed by atoms with E-state index in [1.165, 1.54) is 18.2 Å². The van der Waals surface area contributed by atoms with Gasteiger partial charge in [-0.3, -0.25) is 0 Å². The topological polar surface area (TPSA) is 21.3 Å². The van der Waals surface area contributed by atoms with E-state index >= 15 is 0 Å². The molecule has 1 atom stereocenters. The number of nitrogens with one attached hydrogen (secondary N) is 1. The predicted molar refractivity (Wildman–Crippen MR) is 75.1 cm³/mol. The summed E-state index contributed by atoms with van der Waals surface area (Å²) in [6.45, 7) is 3.75. The molecular formula is C16H17F2NO. The minimum absolute atomic E-state index is 0.0153. The van der Waals surface area contributed by atoms with Gasteiger partial charge in [-0.05, 0) is 56.3 Å². The Labute approximate surface area is 117 Å². The molecule has 0 spiro atoms. The number of rotatable bonds is 4. The summed E-state index contributed by atoms with van der Waals surface area (Å²) >= 11 is 0. The van der Waals surface area contributed by atoms with Gasteiger partial charge in [0.05, 0.1) is 0 Å². The molecule has 2 nitrogen and oxygen atoms in total. The van der Waals surface area contributed by atoms with Crippen molar-refractivity contribution in [2.24, 2.45) is 0 Å². The van der Waals surface area contributed by atoms with Crippen molar-refractivity contribution in [3.63, 3.8) is 0 Å². The average molecular weight is 277 g/mol. The Kier molecular flexibility index (Phi) is 4.35. The van der Waals surface area contributed by atoms with E-state index in [0.717, 1.165) is 11.1 Å². The first kappa shape index (κ1) is 14.5. The molecule has 0 fully saturated rings. The van der Waals surface area contributed by atoms with Crippen LogP contribution < -0.4 is 10.1 Å². The zero-order valence-electron chi connectivity index (χ0n) is 11.7. The van der Waals surface area contributed by atoms with E-state index in [0.29, 0.717) is 0 Å². The minimum Gasteiger partial charge on any atom is -0.451 e. The van der Waals surface area contributed by atoms with Gasteiger partial charge >= 0.3 is 0 Å². The van der Waals surface area contributed by atoms with Gasteiger partial charge in [0.25, 0.3) is 0 Å². The van der Waals surface area contributed by atoms with Crippen molar-refractivity contribution in [1.82, 2.24) is 5.32 Å². The van der Waals surface area contributed by atoms with E-state index in [1.807, 2.05) is 13.8 Å². The molecule has 2 aromatic rings. The molecule has 0 aliphatic carbocycles. The molecule has 0 bridgehead atoms. The van der Waals surface area contributed by atoms with E-state index in [1.54, 1.807) is 25.2 Å². The van der Waals surface area contributed by atoms with Crippen molar-refractivity contribution in [2.45, 2.75) is 19.9 Å². The van der Waals surface area contributed by atoms with Gasteiger partial charge in [-0.25, -0.2) is 8.78 Å². The lowest BCUT2D eigenvalue weighted by Gasteiger charge is -2.13. The first-order valence-corrected chi connectivity index (χ1v) is 6.42. The van der Waals surface area contributed by atoms with Crippen molar-refractivity contribution >= 4 is 0 Å². The third kappa shape index (κ3) is 3.14. The van der Waals surface area contributed by atoms with Crippen LogP contribution in [0.5, 0.6) is 11.5 Å². The van der Waals surface area contributed by atoms with Crippen LogP contribution in [0.3, 0.4) is 0 Å². The fourth-order valence-corrected chi connectivity index (χ4v) is 1.84. The Balaban J connectivity index is 2.28. The summed E-state index contributed by atoms with van der Waals surface area (Å²) < 4.78 is 32.9. The Bertz CT molecular complexity index is 613. The monoisotopic (exact) mass is 277 g/mol. The van der Waals surface area contributed by atoms with Crippen molar-refractivity contribution in [1.29, 1.82) is 0 Å². The fourth-order valence-electron chi connectivity index (χ4n) is 1.84. The van der Waals surface area contributed by atoms with Crippen molar-refractivity contribution in [3.05, 3.63) is 59.2 Å². The first-order valence-electron chi connectivity index (χ1n) is 6.42. The molecule has 0 saturated carbocycles. The lowest BCUT2D eigenvalue weighted by Crippen LogP contribution is -2.12. The van der Waals surface area contributed by atoms with Gasteiger partial charge in [0, 0.05) is 6.04 Å². The van der Waals surface area contributed by atoms with E-state index in [-0.39, 0.29) is 17.5 Å². The molecule has 0 aliphatic heterocycles. The third-order valence-electron chi connectivity index (χ3n) is 3.20. The zero-order valence-corrected chi connectivity index (χ0v) is 11.7. The molecule has 0 radical (unpaired) electrons. The Morgan fingerprint density at radius 3 is 2.40 bits per heavy atom. The van der Waals surface area contributed by atoms with Gasteiger partial charge in [-0.1, -0.05) is 12.1 Å². The highest BCUT2D eigenvalue weighted by atomic mass is 19.1. The van der Waals surface area contributed by atoms with E-state index < -0.39 is 11.6 Å². The summed E-state index contributed by atoms with van der Waals surface area (Å²) in [5.41, 5.74) is 1.66. The van der Waals surface area contributed by atoms with Gasteiger partial charge in [0.1, 0.15) is 0 Å². The van der Waals surface area contributed by atoms with Crippen LogP contribution in [-0.4, -0.2) is 7.05 Å². The molecule has 0 heterocycles. The molecule has 0 amide bonds. The third-order valence-corrected chi connectivity index (χ3v) is 3.20. The van der Waals surface area contributed by atoms with Gasteiger partial charge in [0.2, 0.25) is 0 Å². The Hall–Kier alpha value is -1.94. The highest BCUT2D eigenvalue weighted by molar-refractivity contribution is 5.37. The molecule has 4 heteroatoms. The molecule has 0 aliphatic rings. The number of halogens is 2. The van der Waals surface area contributed by atoms with Gasteiger partial charge in [-0.2, -0.15) is 0 Å². The molecule has 2 aromatic carbocycles. The van der Waals surface area contributed by atoms with E-state index in [2.05, 4.69) is 5.32 Å². The number of hydrogen-bond acceptors (Lipinski definition) is 2. The molecule has 1 N–H and O–H groups in total. The standard InChI is InChI=1S/C16H17F2NO/c1-10-4-6-13(17)16(8-10)20-15-7-5-12(9-14(15)18)11(2)19-3/h4-9,11,19H,1-3H3. The second-order valence-corrected chi connectivity index (χ2v) is 4.74. The van der Waals surface area contributed by atoms with Crippen LogP contribution in [0.15, 0.2) is 36.4 Å². The largest absolute Gasteiger partial charge is 0.451 e. The highest BCUT2D eigenvalue weighted by Crippen LogP contribution is 2.29. The molecule has 0 saturated heterocycles. The van der Waals surface area contributed by atoms with Crippen LogP contribution in [0.25, 0.3) is 0 Å². The molecule has 2 rings (SSSR count). The molecule has 1 unspecified atom stereocenters. The maximum Gasteiger partial charge on any atom is 0.166 e. The SMILES string of the molecule is CNC(C)c1ccc(Oc2cc(C)ccc2F)c(F)c1. The zero-order chi connectivity index (χ0) is 14.7. The van der Waals surface area contributed by atoms with Crippen LogP contribution in [0, 0.1) is 18.6 Å². The summed E-state index contributed by atoms with van der Waals surface area (Å²) in [6, 6.07) is 9.18. The maximum absolute atomic E-state index is 14.0. The van der Waals surface area contributed by atoms with Crippen molar-refractivity contribution < 1.29 is 13.5 Å². The van der Waals surface area contributed by atoms with Crippen molar-refractivity contribution in [2.75, 3.05) is 7.05 Å². The van der Waals surface area contributed by atoms with E-state index in [9.17, 15) is 8.78 Å². The minimum atomic E-state index is -0.511. The van der Waals surface area contributed by atoms with Crippen LogP contribution >= 0.6 is 0 Å². The summed E-state index contributed by atoms with van der Waals surface area (Å²) in [5, 5.41) is 3.03. The summed E-state index contributed by atoms with van der Waals surface area (Å²) in [4.78, 5) is 0. The Morgan fingerprint density at radius 1 is 1.00 bits per heavy atom. The number of aryl methyl sites for hydroxylation is 1. The van der Waals surface area contributed by atoms with Gasteiger partial charge < -0.3 is 10.1 Å². The second kappa shape index (κ2) is 6.01. The van der Waals surface area contributed by atoms with Gasteiger partial charge in [-0.15, -0.1) is 0 Å². The van der Waals surface area contributed by atoms with Crippen LogP contribution in [0.1, 0.15) is 24.1 Å². The summed E-state index contributed by atoms with van der Waals surface area (Å²) in [5.74, 6) is -0.979.